The van der Waals surface area contributed by atoms with Gasteiger partial charge in [-0.2, -0.15) is 10.2 Å². The van der Waals surface area contributed by atoms with Crippen molar-refractivity contribution < 1.29 is 24.1 Å². The van der Waals surface area contributed by atoms with Gasteiger partial charge in [-0.05, 0) is 61.9 Å². The SMILES string of the molecule is COc1cc(/C=N\NC(=O)c2cc(-c3ccc(OC(C)C)c(OC)c3)n[nH]2)ccc1O. The zero-order valence-corrected chi connectivity index (χ0v) is 17.7. The topological polar surface area (TPSA) is 118 Å². The minimum absolute atomic E-state index is 0.0173. The molecule has 31 heavy (non-hydrogen) atoms. The number of phenols is 1. The van der Waals surface area contributed by atoms with Crippen LogP contribution in [0.15, 0.2) is 47.6 Å². The molecule has 0 bridgehead atoms. The number of carbonyl (C=O) groups excluding carboxylic acids is 1. The van der Waals surface area contributed by atoms with Gasteiger partial charge in [0.05, 0.1) is 32.2 Å². The number of aromatic hydroxyl groups is 1. The Kier molecular flexibility index (Phi) is 6.76. The van der Waals surface area contributed by atoms with Crippen LogP contribution < -0.4 is 19.6 Å². The van der Waals surface area contributed by atoms with Crippen LogP contribution in [-0.4, -0.2) is 47.7 Å². The molecule has 3 aromatic rings. The smallest absolute Gasteiger partial charge is 0.289 e. The molecule has 3 rings (SSSR count). The van der Waals surface area contributed by atoms with E-state index >= 15 is 0 Å². The Morgan fingerprint density at radius 1 is 1.10 bits per heavy atom. The number of aromatic nitrogens is 2. The van der Waals surface area contributed by atoms with E-state index in [0.717, 1.165) is 5.56 Å². The number of amides is 1. The van der Waals surface area contributed by atoms with Crippen LogP contribution in [0.3, 0.4) is 0 Å². The molecule has 1 heterocycles. The number of aromatic amines is 1. The molecule has 0 unspecified atom stereocenters. The van der Waals surface area contributed by atoms with E-state index < -0.39 is 5.91 Å². The maximum atomic E-state index is 12.3. The Labute approximate surface area is 179 Å². The van der Waals surface area contributed by atoms with E-state index in [2.05, 4.69) is 20.7 Å². The minimum atomic E-state index is -0.451. The number of hydrazone groups is 1. The Balaban J connectivity index is 1.69. The maximum absolute atomic E-state index is 12.3. The molecule has 0 aliphatic carbocycles. The number of hydrogen-bond donors (Lipinski definition) is 3. The Morgan fingerprint density at radius 3 is 2.58 bits per heavy atom. The molecule has 0 saturated carbocycles. The Hall–Kier alpha value is -4.01. The first-order chi connectivity index (χ1) is 14.9. The van der Waals surface area contributed by atoms with Gasteiger partial charge in [0.2, 0.25) is 0 Å². The van der Waals surface area contributed by atoms with E-state index in [-0.39, 0.29) is 17.5 Å². The summed E-state index contributed by atoms with van der Waals surface area (Å²) in [6, 6.07) is 11.8. The second-order valence-electron chi connectivity index (χ2n) is 6.83. The molecular formula is C22H24N4O5. The largest absolute Gasteiger partial charge is 0.504 e. The number of phenolic OH excluding ortho intramolecular Hbond substituents is 1. The molecule has 0 saturated heterocycles. The number of benzene rings is 2. The van der Waals surface area contributed by atoms with Gasteiger partial charge in [-0.3, -0.25) is 9.89 Å². The lowest BCUT2D eigenvalue weighted by molar-refractivity contribution is 0.0950. The van der Waals surface area contributed by atoms with Crippen molar-refractivity contribution in [1.82, 2.24) is 15.6 Å². The van der Waals surface area contributed by atoms with Gasteiger partial charge in [-0.15, -0.1) is 0 Å². The summed E-state index contributed by atoms with van der Waals surface area (Å²) in [5.41, 5.74) is 4.67. The second-order valence-corrected chi connectivity index (χ2v) is 6.83. The molecule has 0 aliphatic rings. The average molecular weight is 424 g/mol. The van der Waals surface area contributed by atoms with Crippen LogP contribution in [0.5, 0.6) is 23.0 Å². The molecule has 0 fully saturated rings. The van der Waals surface area contributed by atoms with Crippen molar-refractivity contribution in [1.29, 1.82) is 0 Å². The lowest BCUT2D eigenvalue weighted by atomic mass is 10.1. The number of H-pyrrole nitrogens is 1. The highest BCUT2D eigenvalue weighted by Gasteiger charge is 2.13. The number of ether oxygens (including phenoxy) is 3. The number of nitrogens with zero attached hydrogens (tertiary/aromatic N) is 2. The molecule has 2 aromatic carbocycles. The first kappa shape index (κ1) is 21.7. The van der Waals surface area contributed by atoms with Crippen molar-refractivity contribution in [3.8, 4) is 34.3 Å². The summed E-state index contributed by atoms with van der Waals surface area (Å²) in [7, 11) is 3.02. The highest BCUT2D eigenvalue weighted by atomic mass is 16.5. The number of methoxy groups -OCH3 is 2. The van der Waals surface area contributed by atoms with Crippen molar-refractivity contribution >= 4 is 12.1 Å². The Bertz CT molecular complexity index is 1090. The number of hydrogen-bond acceptors (Lipinski definition) is 7. The van der Waals surface area contributed by atoms with Crippen LogP contribution in [0, 0.1) is 0 Å². The van der Waals surface area contributed by atoms with E-state index in [4.69, 9.17) is 14.2 Å². The highest BCUT2D eigenvalue weighted by molar-refractivity contribution is 5.94. The van der Waals surface area contributed by atoms with Gasteiger partial charge in [-0.1, -0.05) is 0 Å². The van der Waals surface area contributed by atoms with E-state index in [0.29, 0.717) is 28.5 Å². The van der Waals surface area contributed by atoms with Crippen molar-refractivity contribution in [2.24, 2.45) is 5.10 Å². The van der Waals surface area contributed by atoms with Crippen LogP contribution in [0.4, 0.5) is 0 Å². The molecular weight excluding hydrogens is 400 g/mol. The summed E-state index contributed by atoms with van der Waals surface area (Å²) in [5.74, 6) is 1.10. The molecule has 0 radical (unpaired) electrons. The Morgan fingerprint density at radius 2 is 1.87 bits per heavy atom. The van der Waals surface area contributed by atoms with Gasteiger partial charge in [0.15, 0.2) is 23.0 Å². The van der Waals surface area contributed by atoms with Crippen molar-refractivity contribution in [3.63, 3.8) is 0 Å². The standard InChI is InChI=1S/C22H24N4O5/c1-13(2)31-19-8-6-15(10-21(19)30-4)16-11-17(25-24-16)22(28)26-23-12-14-5-7-18(27)20(9-14)29-3/h5-13,27H,1-4H3,(H,24,25)(H,26,28)/b23-12-. The number of rotatable bonds is 8. The third kappa shape index (κ3) is 5.33. The summed E-state index contributed by atoms with van der Waals surface area (Å²) < 4.78 is 16.2. The van der Waals surface area contributed by atoms with E-state index in [1.165, 1.54) is 19.4 Å². The van der Waals surface area contributed by atoms with Crippen LogP contribution in [0.2, 0.25) is 0 Å². The van der Waals surface area contributed by atoms with E-state index in [9.17, 15) is 9.90 Å². The molecule has 0 atom stereocenters. The van der Waals surface area contributed by atoms with Crippen LogP contribution in [0.1, 0.15) is 29.9 Å². The predicted octanol–water partition coefficient (Wildman–Crippen LogP) is 3.35. The lowest BCUT2D eigenvalue weighted by Crippen LogP contribution is -2.18. The van der Waals surface area contributed by atoms with Gasteiger partial charge in [0.1, 0.15) is 5.69 Å². The highest BCUT2D eigenvalue weighted by Crippen LogP contribution is 2.32. The molecule has 1 aromatic heterocycles. The summed E-state index contributed by atoms with van der Waals surface area (Å²) in [5, 5.41) is 20.4. The zero-order valence-electron chi connectivity index (χ0n) is 17.7. The van der Waals surface area contributed by atoms with Crippen LogP contribution in [-0.2, 0) is 0 Å². The fraction of sp³-hybridized carbons (Fsp3) is 0.227. The fourth-order valence-electron chi connectivity index (χ4n) is 2.76. The maximum Gasteiger partial charge on any atom is 0.289 e. The second kappa shape index (κ2) is 9.66. The minimum Gasteiger partial charge on any atom is -0.504 e. The molecule has 3 N–H and O–H groups in total. The van der Waals surface area contributed by atoms with Crippen LogP contribution >= 0.6 is 0 Å². The van der Waals surface area contributed by atoms with E-state index in [1.54, 1.807) is 37.4 Å². The van der Waals surface area contributed by atoms with Crippen LogP contribution in [0.25, 0.3) is 11.3 Å². The molecule has 162 valence electrons. The van der Waals surface area contributed by atoms with Gasteiger partial charge >= 0.3 is 0 Å². The summed E-state index contributed by atoms with van der Waals surface area (Å²) in [6.07, 6.45) is 1.46. The first-order valence-electron chi connectivity index (χ1n) is 9.52. The molecule has 1 amide bonds. The molecule has 9 nitrogen and oxygen atoms in total. The monoisotopic (exact) mass is 424 g/mol. The normalized spacial score (nSPS) is 11.0. The lowest BCUT2D eigenvalue weighted by Gasteiger charge is -2.14. The average Bonchev–Trinajstić information content (AvgIpc) is 3.25. The van der Waals surface area contributed by atoms with Crippen molar-refractivity contribution in [2.75, 3.05) is 14.2 Å². The quantitative estimate of drug-likeness (QED) is 0.377. The predicted molar refractivity (Wildman–Crippen MR) is 116 cm³/mol. The number of nitrogens with one attached hydrogen (secondary N) is 2. The zero-order chi connectivity index (χ0) is 22.4. The summed E-state index contributed by atoms with van der Waals surface area (Å²) >= 11 is 0. The molecule has 9 heteroatoms. The fourth-order valence-corrected chi connectivity index (χ4v) is 2.76. The van der Waals surface area contributed by atoms with Gasteiger partial charge in [0, 0.05) is 5.56 Å². The third-order valence-corrected chi connectivity index (χ3v) is 4.23. The molecule has 0 aliphatic heterocycles. The number of carbonyl (C=O) groups is 1. The summed E-state index contributed by atoms with van der Waals surface area (Å²) in [6.45, 7) is 3.87. The van der Waals surface area contributed by atoms with Crippen molar-refractivity contribution in [2.45, 2.75) is 20.0 Å². The summed E-state index contributed by atoms with van der Waals surface area (Å²) in [4.78, 5) is 12.3. The molecule has 0 spiro atoms. The van der Waals surface area contributed by atoms with Gasteiger partial charge < -0.3 is 19.3 Å². The van der Waals surface area contributed by atoms with Gasteiger partial charge in [-0.25, -0.2) is 5.43 Å². The van der Waals surface area contributed by atoms with Crippen molar-refractivity contribution in [3.05, 3.63) is 53.7 Å². The van der Waals surface area contributed by atoms with Gasteiger partial charge in [0.25, 0.3) is 5.91 Å². The third-order valence-electron chi connectivity index (χ3n) is 4.23. The van der Waals surface area contributed by atoms with E-state index in [1.807, 2.05) is 19.9 Å². The first-order valence-corrected chi connectivity index (χ1v) is 9.52.